The standard InChI is InChI=1S/C15H23N5O3/c1-6-20-9-11(10(2)18-20)13-17-12(23-19-13)7-8-16-14(21)22-15(3,4)5/h9H,6-8H2,1-5H3,(H,16,21). The van der Waals surface area contributed by atoms with Crippen molar-refractivity contribution in [1.82, 2.24) is 25.2 Å². The number of amides is 1. The third kappa shape index (κ3) is 4.80. The second-order valence-electron chi connectivity index (χ2n) is 6.17. The van der Waals surface area contributed by atoms with E-state index in [0.29, 0.717) is 24.7 Å². The predicted octanol–water partition coefficient (Wildman–Crippen LogP) is 2.33. The van der Waals surface area contributed by atoms with Gasteiger partial charge in [0.05, 0.1) is 11.3 Å². The lowest BCUT2D eigenvalue weighted by Crippen LogP contribution is -2.33. The Labute approximate surface area is 135 Å². The molecule has 0 saturated carbocycles. The highest BCUT2D eigenvalue weighted by Gasteiger charge is 2.17. The Hall–Kier alpha value is -2.38. The lowest BCUT2D eigenvalue weighted by molar-refractivity contribution is 0.0527. The molecule has 0 unspecified atom stereocenters. The number of ether oxygens (including phenoxy) is 1. The lowest BCUT2D eigenvalue weighted by Gasteiger charge is -2.19. The Kier molecular flexibility index (Phi) is 5.02. The summed E-state index contributed by atoms with van der Waals surface area (Å²) in [6, 6.07) is 0. The minimum atomic E-state index is -0.515. The number of alkyl carbamates (subject to hydrolysis) is 1. The van der Waals surface area contributed by atoms with E-state index >= 15 is 0 Å². The zero-order valence-corrected chi connectivity index (χ0v) is 14.2. The molecule has 0 radical (unpaired) electrons. The van der Waals surface area contributed by atoms with Crippen molar-refractivity contribution in [3.8, 4) is 11.4 Å². The van der Waals surface area contributed by atoms with Crippen molar-refractivity contribution in [1.29, 1.82) is 0 Å². The molecule has 0 atom stereocenters. The third-order valence-electron chi connectivity index (χ3n) is 2.99. The molecule has 2 heterocycles. The number of carbonyl (C=O) groups excluding carboxylic acids is 1. The summed E-state index contributed by atoms with van der Waals surface area (Å²) in [6.45, 7) is 10.5. The summed E-state index contributed by atoms with van der Waals surface area (Å²) in [6.07, 6.45) is 1.87. The largest absolute Gasteiger partial charge is 0.444 e. The van der Waals surface area contributed by atoms with E-state index in [1.54, 1.807) is 0 Å². The van der Waals surface area contributed by atoms with Gasteiger partial charge in [0.25, 0.3) is 0 Å². The Morgan fingerprint density at radius 1 is 1.43 bits per heavy atom. The maximum Gasteiger partial charge on any atom is 0.407 e. The first-order chi connectivity index (χ1) is 10.8. The van der Waals surface area contributed by atoms with Crippen molar-refractivity contribution in [2.75, 3.05) is 6.54 Å². The van der Waals surface area contributed by atoms with Crippen LogP contribution in [-0.4, -0.2) is 38.2 Å². The summed E-state index contributed by atoms with van der Waals surface area (Å²) < 4.78 is 12.2. The molecule has 1 amide bonds. The van der Waals surface area contributed by atoms with Gasteiger partial charge in [-0.3, -0.25) is 4.68 Å². The summed E-state index contributed by atoms with van der Waals surface area (Å²) in [5.41, 5.74) is 1.19. The van der Waals surface area contributed by atoms with Gasteiger partial charge in [-0.25, -0.2) is 4.79 Å². The highest BCUT2D eigenvalue weighted by Crippen LogP contribution is 2.19. The number of hydrogen-bond acceptors (Lipinski definition) is 6. The third-order valence-corrected chi connectivity index (χ3v) is 2.99. The van der Waals surface area contributed by atoms with Crippen LogP contribution in [0.25, 0.3) is 11.4 Å². The molecule has 0 aliphatic rings. The minimum Gasteiger partial charge on any atom is -0.444 e. The van der Waals surface area contributed by atoms with E-state index < -0.39 is 11.7 Å². The van der Waals surface area contributed by atoms with Crippen molar-refractivity contribution in [2.45, 2.75) is 53.2 Å². The fourth-order valence-corrected chi connectivity index (χ4v) is 1.95. The van der Waals surface area contributed by atoms with Crippen molar-refractivity contribution in [3.63, 3.8) is 0 Å². The number of hydrogen-bond donors (Lipinski definition) is 1. The van der Waals surface area contributed by atoms with Gasteiger partial charge in [0, 0.05) is 25.7 Å². The molecule has 1 N–H and O–H groups in total. The number of rotatable bonds is 5. The Bertz CT molecular complexity index is 669. The Morgan fingerprint density at radius 3 is 2.78 bits per heavy atom. The van der Waals surface area contributed by atoms with Gasteiger partial charge in [-0.1, -0.05) is 5.16 Å². The normalized spacial score (nSPS) is 11.5. The zero-order chi connectivity index (χ0) is 17.0. The van der Waals surface area contributed by atoms with E-state index in [2.05, 4.69) is 20.6 Å². The molecule has 23 heavy (non-hydrogen) atoms. The van der Waals surface area contributed by atoms with Crippen molar-refractivity contribution in [2.24, 2.45) is 0 Å². The summed E-state index contributed by atoms with van der Waals surface area (Å²) in [4.78, 5) is 15.9. The summed E-state index contributed by atoms with van der Waals surface area (Å²) in [5, 5.41) is 11.0. The van der Waals surface area contributed by atoms with Crippen LogP contribution in [0.5, 0.6) is 0 Å². The highest BCUT2D eigenvalue weighted by atomic mass is 16.6. The van der Waals surface area contributed by atoms with E-state index in [-0.39, 0.29) is 0 Å². The Balaban J connectivity index is 1.90. The average molecular weight is 321 g/mol. The highest BCUT2D eigenvalue weighted by molar-refractivity contribution is 5.67. The van der Waals surface area contributed by atoms with Crippen LogP contribution in [0.3, 0.4) is 0 Å². The van der Waals surface area contributed by atoms with Crippen LogP contribution in [0.2, 0.25) is 0 Å². The zero-order valence-electron chi connectivity index (χ0n) is 14.2. The lowest BCUT2D eigenvalue weighted by atomic mass is 10.2. The fourth-order valence-electron chi connectivity index (χ4n) is 1.95. The van der Waals surface area contributed by atoms with E-state index in [4.69, 9.17) is 9.26 Å². The molecule has 0 aromatic carbocycles. The first-order valence-corrected chi connectivity index (χ1v) is 7.62. The molecule has 2 rings (SSSR count). The second-order valence-corrected chi connectivity index (χ2v) is 6.17. The van der Waals surface area contributed by atoms with Gasteiger partial charge in [0.2, 0.25) is 11.7 Å². The molecular formula is C15H23N5O3. The Morgan fingerprint density at radius 2 is 2.17 bits per heavy atom. The number of carbonyl (C=O) groups is 1. The van der Waals surface area contributed by atoms with Crippen molar-refractivity contribution < 1.29 is 14.1 Å². The van der Waals surface area contributed by atoms with E-state index in [9.17, 15) is 4.79 Å². The van der Waals surface area contributed by atoms with Gasteiger partial charge >= 0.3 is 6.09 Å². The first-order valence-electron chi connectivity index (χ1n) is 7.62. The molecule has 0 aliphatic heterocycles. The monoisotopic (exact) mass is 321 g/mol. The number of aryl methyl sites for hydroxylation is 2. The average Bonchev–Trinajstić information content (AvgIpc) is 3.03. The maximum atomic E-state index is 11.5. The van der Waals surface area contributed by atoms with Gasteiger partial charge in [-0.05, 0) is 34.6 Å². The smallest absolute Gasteiger partial charge is 0.407 e. The topological polar surface area (TPSA) is 95.1 Å². The van der Waals surface area contributed by atoms with E-state index in [0.717, 1.165) is 17.8 Å². The molecule has 2 aromatic heterocycles. The molecule has 0 spiro atoms. The second kappa shape index (κ2) is 6.80. The van der Waals surface area contributed by atoms with E-state index in [1.165, 1.54) is 0 Å². The van der Waals surface area contributed by atoms with Crippen molar-refractivity contribution in [3.05, 3.63) is 17.8 Å². The summed E-state index contributed by atoms with van der Waals surface area (Å²) in [7, 11) is 0. The van der Waals surface area contributed by atoms with Crippen LogP contribution in [0.1, 0.15) is 39.3 Å². The van der Waals surface area contributed by atoms with Crippen LogP contribution in [-0.2, 0) is 17.7 Å². The SMILES string of the molecule is CCn1cc(-c2noc(CCNC(=O)OC(C)(C)C)n2)c(C)n1. The van der Waals surface area contributed by atoms with Gasteiger partial charge in [-0.15, -0.1) is 0 Å². The van der Waals surface area contributed by atoms with Gasteiger partial charge in [0.1, 0.15) is 5.60 Å². The van der Waals surface area contributed by atoms with Crippen LogP contribution < -0.4 is 5.32 Å². The molecule has 8 heteroatoms. The molecule has 0 bridgehead atoms. The van der Waals surface area contributed by atoms with Crippen molar-refractivity contribution >= 4 is 6.09 Å². The van der Waals surface area contributed by atoms with Gasteiger partial charge < -0.3 is 14.6 Å². The van der Waals surface area contributed by atoms with Crippen LogP contribution in [0.15, 0.2) is 10.7 Å². The molecule has 126 valence electrons. The molecular weight excluding hydrogens is 298 g/mol. The number of nitrogens with one attached hydrogen (secondary N) is 1. The van der Waals surface area contributed by atoms with Crippen LogP contribution in [0, 0.1) is 6.92 Å². The molecule has 2 aromatic rings. The van der Waals surface area contributed by atoms with Crippen LogP contribution >= 0.6 is 0 Å². The maximum absolute atomic E-state index is 11.5. The number of nitrogens with zero attached hydrogens (tertiary/aromatic N) is 4. The van der Waals surface area contributed by atoms with E-state index in [1.807, 2.05) is 45.5 Å². The minimum absolute atomic E-state index is 0.365. The molecule has 0 saturated heterocycles. The molecule has 8 nitrogen and oxygen atoms in total. The first kappa shape index (κ1) is 17.0. The molecule has 0 fully saturated rings. The summed E-state index contributed by atoms with van der Waals surface area (Å²) >= 11 is 0. The van der Waals surface area contributed by atoms with Crippen LogP contribution in [0.4, 0.5) is 4.79 Å². The summed E-state index contributed by atoms with van der Waals surface area (Å²) in [5.74, 6) is 0.967. The predicted molar refractivity (Wildman–Crippen MR) is 83.9 cm³/mol. The van der Waals surface area contributed by atoms with Gasteiger partial charge in [-0.2, -0.15) is 10.1 Å². The molecule has 0 aliphatic carbocycles. The van der Waals surface area contributed by atoms with Gasteiger partial charge in [0.15, 0.2) is 0 Å². The fraction of sp³-hybridized carbons (Fsp3) is 0.600. The quantitative estimate of drug-likeness (QED) is 0.908. The number of aromatic nitrogens is 4.